The lowest BCUT2D eigenvalue weighted by Gasteiger charge is -1.80. The highest BCUT2D eigenvalue weighted by Crippen LogP contribution is 2.11. The molecule has 1 heterocycles. The number of nitrogens with zero attached hydrogens (tertiary/aromatic N) is 1. The van der Waals surface area contributed by atoms with Crippen LogP contribution in [0.3, 0.4) is 0 Å². The van der Waals surface area contributed by atoms with E-state index in [0.717, 1.165) is 6.42 Å². The second-order valence-corrected chi connectivity index (χ2v) is 2.13. The number of carbonyl (C=O) groups is 1. The molecule has 1 fully saturated rings. The van der Waals surface area contributed by atoms with E-state index >= 15 is 0 Å². The monoisotopic (exact) mass is 114 g/mol. The topological polar surface area (TPSA) is 37.1 Å². The number of carbonyl (C=O) groups excluding carboxylic acids is 1. The van der Waals surface area contributed by atoms with Gasteiger partial charge in [0, 0.05) is 11.3 Å². The molecule has 1 aliphatic heterocycles. The van der Waals surface area contributed by atoms with E-state index in [-0.39, 0.29) is 11.8 Å². The molecule has 3 heteroatoms. The molecule has 0 aromatic carbocycles. The third-order valence-electron chi connectivity index (χ3n) is 1.43. The van der Waals surface area contributed by atoms with E-state index in [2.05, 4.69) is 0 Å². The van der Waals surface area contributed by atoms with Crippen molar-refractivity contribution in [3.8, 4) is 0 Å². The number of hydrogen-bond donors (Lipinski definition) is 0. The molecule has 0 N–H and O–H groups in total. The first kappa shape index (κ1) is 5.41. The van der Waals surface area contributed by atoms with Crippen molar-refractivity contribution >= 4 is 5.91 Å². The molecule has 1 aliphatic rings. The normalized spacial score (nSPS) is 29.4. The number of amides is 1. The van der Waals surface area contributed by atoms with E-state index < -0.39 is 0 Å². The van der Waals surface area contributed by atoms with Gasteiger partial charge in [0.05, 0.1) is 10.7 Å². The van der Waals surface area contributed by atoms with Crippen molar-refractivity contribution in [3.05, 3.63) is 4.91 Å². The first-order valence-electron chi connectivity index (χ1n) is 2.70. The first-order chi connectivity index (χ1) is 3.72. The van der Waals surface area contributed by atoms with Gasteiger partial charge in [-0.25, -0.2) is 4.79 Å². The molecule has 1 rings (SSSR count). The zero-order valence-corrected chi connectivity index (χ0v) is 4.76. The van der Waals surface area contributed by atoms with E-state index in [0.29, 0.717) is 11.3 Å². The Morgan fingerprint density at radius 3 is 2.50 bits per heavy atom. The van der Waals surface area contributed by atoms with E-state index in [1.165, 1.54) is 0 Å². The molecule has 1 atom stereocenters. The van der Waals surface area contributed by atoms with Gasteiger partial charge in [-0.3, -0.25) is 0 Å². The van der Waals surface area contributed by atoms with Crippen molar-refractivity contribution in [1.29, 1.82) is 0 Å². The van der Waals surface area contributed by atoms with Crippen LogP contribution in [0.2, 0.25) is 0 Å². The summed E-state index contributed by atoms with van der Waals surface area (Å²) in [5.74, 6) is -0.294. The highest BCUT2D eigenvalue weighted by Gasteiger charge is 2.36. The Bertz CT molecular complexity index is 141. The Kier molecular flexibility index (Phi) is 1.12. The van der Waals surface area contributed by atoms with E-state index in [1.54, 1.807) is 6.92 Å². The molecule has 1 unspecified atom stereocenters. The molecule has 44 valence electrons. The second kappa shape index (κ2) is 1.65. The molecular formula is C5H8NO2+. The van der Waals surface area contributed by atoms with Crippen molar-refractivity contribution in [1.82, 2.24) is 0 Å². The van der Waals surface area contributed by atoms with Crippen LogP contribution in [0.25, 0.3) is 0 Å². The van der Waals surface area contributed by atoms with Crippen LogP contribution >= 0.6 is 0 Å². The Morgan fingerprint density at radius 2 is 2.38 bits per heavy atom. The summed E-state index contributed by atoms with van der Waals surface area (Å²) in [7, 11) is 0. The molecule has 0 aliphatic carbocycles. The van der Waals surface area contributed by atoms with Gasteiger partial charge in [0.25, 0.3) is 0 Å². The van der Waals surface area contributed by atoms with Crippen LogP contribution in [0.4, 0.5) is 0 Å². The smallest absolute Gasteiger partial charge is 0.215 e. The Morgan fingerprint density at radius 1 is 1.75 bits per heavy atom. The fourth-order valence-corrected chi connectivity index (χ4v) is 0.790. The van der Waals surface area contributed by atoms with Gasteiger partial charge in [0.1, 0.15) is 0 Å². The number of hydrogen-bond acceptors (Lipinski definition) is 2. The second-order valence-electron chi connectivity index (χ2n) is 2.13. The summed E-state index contributed by atoms with van der Waals surface area (Å²) >= 11 is 0. The van der Waals surface area contributed by atoms with Gasteiger partial charge < -0.3 is 0 Å². The zero-order chi connectivity index (χ0) is 6.15. The largest absolute Gasteiger partial charge is 0.436 e. The maximum Gasteiger partial charge on any atom is 0.436 e. The average molecular weight is 114 g/mol. The molecule has 1 saturated heterocycles. The predicted octanol–water partition coefficient (Wildman–Crippen LogP) is 0.332. The van der Waals surface area contributed by atoms with Crippen molar-refractivity contribution in [2.75, 3.05) is 6.54 Å². The molecule has 1 amide bonds. The van der Waals surface area contributed by atoms with Gasteiger partial charge in [-0.2, -0.15) is 0 Å². The van der Waals surface area contributed by atoms with Gasteiger partial charge in [0.2, 0.25) is 6.54 Å². The molecular weight excluding hydrogens is 106 g/mol. The fraction of sp³-hybridized carbons (Fsp3) is 0.800. The minimum atomic E-state index is -0.259. The minimum absolute atomic E-state index is 0.0347. The number of rotatable bonds is 0. The molecule has 0 saturated carbocycles. The highest BCUT2D eigenvalue weighted by molar-refractivity contribution is 5.70. The summed E-state index contributed by atoms with van der Waals surface area (Å²) in [5.41, 5.74) is 0. The number of nitroso groups, excluding NO2 is 1. The third kappa shape index (κ3) is 0.638. The van der Waals surface area contributed by atoms with Crippen molar-refractivity contribution < 1.29 is 9.55 Å². The lowest BCUT2D eigenvalue weighted by molar-refractivity contribution is -0.454. The van der Waals surface area contributed by atoms with Crippen molar-refractivity contribution in [2.24, 2.45) is 5.92 Å². The Labute approximate surface area is 47.3 Å². The van der Waals surface area contributed by atoms with E-state index in [4.69, 9.17) is 0 Å². The maximum absolute atomic E-state index is 10.5. The van der Waals surface area contributed by atoms with Crippen LogP contribution in [0.15, 0.2) is 0 Å². The molecule has 8 heavy (non-hydrogen) atoms. The summed E-state index contributed by atoms with van der Waals surface area (Å²) < 4.78 is 0.532. The molecule has 0 radical (unpaired) electrons. The van der Waals surface area contributed by atoms with Gasteiger partial charge in [-0.15, -0.1) is 0 Å². The minimum Gasteiger partial charge on any atom is -0.215 e. The molecule has 0 aromatic heterocycles. The Hall–Kier alpha value is -0.730. The lowest BCUT2D eigenvalue weighted by atomic mass is 10.1. The average Bonchev–Trinajstić information content (AvgIpc) is 1.98. The van der Waals surface area contributed by atoms with Crippen molar-refractivity contribution in [3.63, 3.8) is 0 Å². The van der Waals surface area contributed by atoms with Crippen LogP contribution < -0.4 is 0 Å². The van der Waals surface area contributed by atoms with Gasteiger partial charge >= 0.3 is 5.91 Å². The maximum atomic E-state index is 10.5. The van der Waals surface area contributed by atoms with Crippen molar-refractivity contribution in [2.45, 2.75) is 13.3 Å². The zero-order valence-electron chi connectivity index (χ0n) is 4.76. The summed E-state index contributed by atoms with van der Waals surface area (Å²) in [6.07, 6.45) is 0.725. The predicted molar refractivity (Wildman–Crippen MR) is 27.3 cm³/mol. The van der Waals surface area contributed by atoms with Crippen LogP contribution in [-0.4, -0.2) is 17.2 Å². The van der Waals surface area contributed by atoms with E-state index in [1.807, 2.05) is 0 Å². The first-order valence-corrected chi connectivity index (χ1v) is 2.70. The summed E-state index contributed by atoms with van der Waals surface area (Å²) in [5, 5.41) is 0. The summed E-state index contributed by atoms with van der Waals surface area (Å²) in [6.45, 7) is 2.17. The SMILES string of the molecule is CC1CC[N+](=O)C1=O. The molecule has 0 bridgehead atoms. The molecule has 0 spiro atoms. The summed E-state index contributed by atoms with van der Waals surface area (Å²) in [6, 6.07) is 0. The highest BCUT2D eigenvalue weighted by atomic mass is 16.3. The van der Waals surface area contributed by atoms with Gasteiger partial charge in [-0.1, -0.05) is 0 Å². The summed E-state index contributed by atoms with van der Waals surface area (Å²) in [4.78, 5) is 20.9. The Balaban J connectivity index is 2.71. The third-order valence-corrected chi connectivity index (χ3v) is 1.43. The van der Waals surface area contributed by atoms with Crippen LogP contribution in [0, 0.1) is 10.8 Å². The molecule has 0 aromatic rings. The van der Waals surface area contributed by atoms with Gasteiger partial charge in [0.15, 0.2) is 0 Å². The molecule has 3 nitrogen and oxygen atoms in total. The fourth-order valence-electron chi connectivity index (χ4n) is 0.790. The van der Waals surface area contributed by atoms with Crippen LogP contribution in [0.1, 0.15) is 13.3 Å². The van der Waals surface area contributed by atoms with Gasteiger partial charge in [-0.05, 0) is 6.92 Å². The van der Waals surface area contributed by atoms with Crippen LogP contribution in [0.5, 0.6) is 0 Å². The quantitative estimate of drug-likeness (QED) is 0.425. The van der Waals surface area contributed by atoms with Crippen LogP contribution in [-0.2, 0) is 4.79 Å². The standard InChI is InChI=1S/C5H8NO2/c1-4-2-3-6(8)5(4)7/h4H,2-3H2,1H3/q+1. The lowest BCUT2D eigenvalue weighted by Crippen LogP contribution is -2.12. The van der Waals surface area contributed by atoms with E-state index in [9.17, 15) is 9.70 Å².